The molecular weight excluding hydrogens is 345 g/mol. The molecule has 0 aliphatic heterocycles. The van der Waals surface area contributed by atoms with E-state index in [2.05, 4.69) is 10.1 Å². The van der Waals surface area contributed by atoms with Gasteiger partial charge in [0.05, 0.1) is 18.6 Å². The number of benzene rings is 2. The summed E-state index contributed by atoms with van der Waals surface area (Å²) in [6, 6.07) is 11.6. The zero-order chi connectivity index (χ0) is 18.4. The topological polar surface area (TPSA) is 47.6 Å². The molecule has 0 saturated carbocycles. The van der Waals surface area contributed by atoms with Crippen molar-refractivity contribution < 1.29 is 18.7 Å². The Kier molecular flexibility index (Phi) is 6.79. The Balaban J connectivity index is 2.18. The van der Waals surface area contributed by atoms with E-state index in [4.69, 9.17) is 16.3 Å². The molecule has 0 unspecified atom stereocenters. The molecule has 0 aromatic heterocycles. The Morgan fingerprint density at radius 3 is 2.52 bits per heavy atom. The van der Waals surface area contributed by atoms with E-state index in [0.29, 0.717) is 11.3 Å². The number of esters is 1. The minimum Gasteiger partial charge on any atom is -0.469 e. The highest BCUT2D eigenvalue weighted by Gasteiger charge is 2.20. The molecule has 0 saturated heterocycles. The maximum absolute atomic E-state index is 14.9. The summed E-state index contributed by atoms with van der Waals surface area (Å²) in [5.74, 6) is -0.363. The van der Waals surface area contributed by atoms with Gasteiger partial charge in [-0.05, 0) is 32.0 Å². The molecule has 6 heteroatoms. The molecule has 0 radical (unpaired) electrons. The molecule has 0 aliphatic rings. The van der Waals surface area contributed by atoms with Crippen molar-refractivity contribution in [1.29, 1.82) is 0 Å². The van der Waals surface area contributed by atoms with E-state index in [-0.39, 0.29) is 35.2 Å². The predicted octanol–water partition coefficient (Wildman–Crippen LogP) is 4.87. The fourth-order valence-corrected chi connectivity index (χ4v) is 2.68. The normalized spacial score (nSPS) is 13.2. The van der Waals surface area contributed by atoms with Gasteiger partial charge in [0.1, 0.15) is 5.75 Å². The van der Waals surface area contributed by atoms with Crippen molar-refractivity contribution in [2.75, 3.05) is 7.11 Å². The molecule has 0 bridgehead atoms. The lowest BCUT2D eigenvalue weighted by Gasteiger charge is -2.21. The van der Waals surface area contributed by atoms with Crippen molar-refractivity contribution in [3.8, 4) is 11.5 Å². The molecular formula is C19H21ClFNO3. The number of nitrogens with one attached hydrogen (secondary N) is 1. The fourth-order valence-electron chi connectivity index (χ4n) is 2.49. The van der Waals surface area contributed by atoms with Crippen LogP contribution in [-0.2, 0) is 9.53 Å². The summed E-state index contributed by atoms with van der Waals surface area (Å²) in [7, 11) is 1.34. The number of para-hydroxylation sites is 1. The monoisotopic (exact) mass is 365 g/mol. The molecule has 4 nitrogen and oxygen atoms in total. The summed E-state index contributed by atoms with van der Waals surface area (Å²) in [5.41, 5.74) is 0.409. The Morgan fingerprint density at radius 2 is 1.88 bits per heavy atom. The van der Waals surface area contributed by atoms with Gasteiger partial charge in [-0.15, -0.1) is 0 Å². The molecule has 0 heterocycles. The fraction of sp³-hybridized carbons (Fsp3) is 0.316. The molecule has 1 N–H and O–H groups in total. The van der Waals surface area contributed by atoms with E-state index < -0.39 is 5.82 Å². The molecule has 2 aromatic rings. The van der Waals surface area contributed by atoms with Gasteiger partial charge in [-0.25, -0.2) is 4.39 Å². The van der Waals surface area contributed by atoms with E-state index >= 15 is 0 Å². The standard InChI is InChI=1S/C19H21ClFNO3/c1-12(11-17(23)24-3)22-13(2)15-9-10-16(20)19(18(15)21)25-14-7-5-4-6-8-14/h4-10,12-13,22H,11H2,1-3H3/t12-,13+/m0/s1. The van der Waals surface area contributed by atoms with Crippen LogP contribution in [0.1, 0.15) is 31.9 Å². The third-order valence-electron chi connectivity index (χ3n) is 3.74. The second kappa shape index (κ2) is 8.83. The smallest absolute Gasteiger partial charge is 0.307 e. The van der Waals surface area contributed by atoms with Gasteiger partial charge in [0.25, 0.3) is 0 Å². The third-order valence-corrected chi connectivity index (χ3v) is 4.04. The summed E-state index contributed by atoms with van der Waals surface area (Å²) >= 11 is 6.10. The minimum absolute atomic E-state index is 0.0142. The van der Waals surface area contributed by atoms with Gasteiger partial charge in [-0.3, -0.25) is 4.79 Å². The molecule has 0 amide bonds. The average molecular weight is 366 g/mol. The number of hydrogen-bond donors (Lipinski definition) is 1. The van der Waals surface area contributed by atoms with E-state index in [1.165, 1.54) is 7.11 Å². The molecule has 2 aromatic carbocycles. The van der Waals surface area contributed by atoms with Crippen molar-refractivity contribution in [1.82, 2.24) is 5.32 Å². The van der Waals surface area contributed by atoms with Crippen LogP contribution in [-0.4, -0.2) is 19.1 Å². The first kappa shape index (κ1) is 19.2. The average Bonchev–Trinajstić information content (AvgIpc) is 2.59. The first-order valence-corrected chi connectivity index (χ1v) is 8.33. The molecule has 2 rings (SSSR count). The zero-order valence-electron chi connectivity index (χ0n) is 14.4. The summed E-state index contributed by atoms with van der Waals surface area (Å²) in [6.45, 7) is 3.65. The third kappa shape index (κ3) is 5.18. The van der Waals surface area contributed by atoms with Crippen LogP contribution in [0.4, 0.5) is 4.39 Å². The van der Waals surface area contributed by atoms with Crippen LogP contribution in [0.3, 0.4) is 0 Å². The van der Waals surface area contributed by atoms with Crippen molar-refractivity contribution >= 4 is 17.6 Å². The van der Waals surface area contributed by atoms with Gasteiger partial charge < -0.3 is 14.8 Å². The number of carbonyl (C=O) groups is 1. The SMILES string of the molecule is COC(=O)C[C@H](C)N[C@H](C)c1ccc(Cl)c(Oc2ccccc2)c1F. The predicted molar refractivity (Wildman–Crippen MR) is 95.6 cm³/mol. The van der Waals surface area contributed by atoms with Crippen molar-refractivity contribution in [2.45, 2.75) is 32.4 Å². The van der Waals surface area contributed by atoms with Gasteiger partial charge in [0, 0.05) is 17.6 Å². The first-order valence-electron chi connectivity index (χ1n) is 7.96. The van der Waals surface area contributed by atoms with Gasteiger partial charge in [0.15, 0.2) is 11.6 Å². The number of halogens is 2. The number of carbonyl (C=O) groups excluding carboxylic acids is 1. The number of ether oxygens (including phenoxy) is 2. The zero-order valence-corrected chi connectivity index (χ0v) is 15.1. The lowest BCUT2D eigenvalue weighted by atomic mass is 10.1. The number of methoxy groups -OCH3 is 1. The van der Waals surface area contributed by atoms with Crippen LogP contribution >= 0.6 is 11.6 Å². The highest BCUT2D eigenvalue weighted by atomic mass is 35.5. The van der Waals surface area contributed by atoms with Crippen LogP contribution in [0.15, 0.2) is 42.5 Å². The summed E-state index contributed by atoms with van der Waals surface area (Å²) in [6.07, 6.45) is 0.198. The molecule has 134 valence electrons. The van der Waals surface area contributed by atoms with E-state index in [1.807, 2.05) is 19.9 Å². The lowest BCUT2D eigenvalue weighted by molar-refractivity contribution is -0.141. The van der Waals surface area contributed by atoms with E-state index in [9.17, 15) is 9.18 Å². The maximum atomic E-state index is 14.9. The largest absolute Gasteiger partial charge is 0.469 e. The first-order chi connectivity index (χ1) is 11.9. The van der Waals surface area contributed by atoms with Gasteiger partial charge >= 0.3 is 5.97 Å². The van der Waals surface area contributed by atoms with E-state index in [1.54, 1.807) is 36.4 Å². The van der Waals surface area contributed by atoms with Gasteiger partial charge in [-0.2, -0.15) is 0 Å². The van der Waals surface area contributed by atoms with Gasteiger partial charge in [0.2, 0.25) is 0 Å². The Bertz CT molecular complexity index is 724. The maximum Gasteiger partial charge on any atom is 0.307 e. The molecule has 0 aliphatic carbocycles. The van der Waals surface area contributed by atoms with Crippen molar-refractivity contribution in [2.24, 2.45) is 0 Å². The highest BCUT2D eigenvalue weighted by molar-refractivity contribution is 6.32. The summed E-state index contributed by atoms with van der Waals surface area (Å²) < 4.78 is 25.2. The Morgan fingerprint density at radius 1 is 1.20 bits per heavy atom. The Labute approximate surface area is 151 Å². The second-order valence-corrected chi connectivity index (χ2v) is 6.17. The van der Waals surface area contributed by atoms with Crippen LogP contribution in [0.5, 0.6) is 11.5 Å². The van der Waals surface area contributed by atoms with Crippen molar-refractivity contribution in [3.63, 3.8) is 0 Å². The number of rotatable bonds is 7. The quantitative estimate of drug-likeness (QED) is 0.711. The summed E-state index contributed by atoms with van der Waals surface area (Å²) in [4.78, 5) is 11.3. The molecule has 0 spiro atoms. The second-order valence-electron chi connectivity index (χ2n) is 5.76. The lowest BCUT2D eigenvalue weighted by Crippen LogP contribution is -2.31. The van der Waals surface area contributed by atoms with Crippen LogP contribution in [0, 0.1) is 5.82 Å². The van der Waals surface area contributed by atoms with Crippen LogP contribution in [0.25, 0.3) is 0 Å². The molecule has 0 fully saturated rings. The minimum atomic E-state index is -0.526. The van der Waals surface area contributed by atoms with Gasteiger partial charge in [-0.1, -0.05) is 35.9 Å². The Hall–Kier alpha value is -2.11. The van der Waals surface area contributed by atoms with Crippen molar-refractivity contribution in [3.05, 3.63) is 58.9 Å². The number of hydrogen-bond acceptors (Lipinski definition) is 4. The molecule has 2 atom stereocenters. The van der Waals surface area contributed by atoms with E-state index in [0.717, 1.165) is 0 Å². The van der Waals surface area contributed by atoms with Crippen LogP contribution in [0.2, 0.25) is 5.02 Å². The summed E-state index contributed by atoms with van der Waals surface area (Å²) in [5, 5.41) is 3.37. The highest BCUT2D eigenvalue weighted by Crippen LogP contribution is 2.35. The molecule has 25 heavy (non-hydrogen) atoms. The van der Waals surface area contributed by atoms with Crippen LogP contribution < -0.4 is 10.1 Å².